The Hall–Kier alpha value is -1.99. The molecule has 8 heteroatoms. The van der Waals surface area contributed by atoms with Gasteiger partial charge < -0.3 is 24.2 Å². The molecule has 6 nitrogen and oxygen atoms in total. The predicted molar refractivity (Wildman–Crippen MR) is 123 cm³/mol. The highest BCUT2D eigenvalue weighted by Crippen LogP contribution is 2.36. The first-order valence-electron chi connectivity index (χ1n) is 10.9. The summed E-state index contributed by atoms with van der Waals surface area (Å²) in [7, 11) is 0. The molecule has 172 valence electrons. The Kier molecular flexibility index (Phi) is 7.79. The van der Waals surface area contributed by atoms with Crippen molar-refractivity contribution in [2.45, 2.75) is 25.4 Å². The number of ether oxygens (including phenoxy) is 3. The second-order valence-electron chi connectivity index (χ2n) is 8.22. The van der Waals surface area contributed by atoms with Crippen molar-refractivity contribution < 1.29 is 24.1 Å². The van der Waals surface area contributed by atoms with Gasteiger partial charge in [-0.1, -0.05) is 29.3 Å². The van der Waals surface area contributed by atoms with Crippen LogP contribution in [0.1, 0.15) is 30.9 Å². The number of halogens is 2. The van der Waals surface area contributed by atoms with Gasteiger partial charge in [0, 0.05) is 24.9 Å². The average molecular weight is 480 g/mol. The normalized spacial score (nSPS) is 17.7. The Bertz CT molecular complexity index is 948. The number of likely N-dealkylation sites (tertiary alicyclic amines) is 1. The number of rotatable bonds is 9. The molecule has 0 spiro atoms. The lowest BCUT2D eigenvalue weighted by Crippen LogP contribution is -2.32. The van der Waals surface area contributed by atoms with E-state index in [0.717, 1.165) is 31.5 Å². The highest BCUT2D eigenvalue weighted by Gasteiger charge is 2.28. The molecule has 32 heavy (non-hydrogen) atoms. The molecule has 4 rings (SSSR count). The number of aliphatic hydroxyl groups excluding tert-OH is 1. The SMILES string of the molecule is O=C(COc1ccc(Cl)c(Cl)c1)C[C@H](CN1CCCC1)[C@H](O)c1ccc2c(c1)OCCO2. The molecule has 0 aromatic heterocycles. The van der Waals surface area contributed by atoms with Crippen LogP contribution in [0, 0.1) is 5.92 Å². The van der Waals surface area contributed by atoms with Gasteiger partial charge in [-0.25, -0.2) is 0 Å². The summed E-state index contributed by atoms with van der Waals surface area (Å²) in [5, 5.41) is 12.0. The maximum Gasteiger partial charge on any atom is 0.170 e. The van der Waals surface area contributed by atoms with Crippen LogP contribution in [-0.2, 0) is 4.79 Å². The zero-order valence-corrected chi connectivity index (χ0v) is 19.3. The molecule has 0 bridgehead atoms. The third-order valence-corrected chi connectivity index (χ3v) is 6.57. The monoisotopic (exact) mass is 479 g/mol. The van der Waals surface area contributed by atoms with Gasteiger partial charge in [-0.05, 0) is 55.8 Å². The fourth-order valence-electron chi connectivity index (χ4n) is 4.17. The molecule has 2 aromatic rings. The summed E-state index contributed by atoms with van der Waals surface area (Å²) in [6, 6.07) is 10.4. The van der Waals surface area contributed by atoms with Crippen LogP contribution in [-0.4, -0.2) is 55.2 Å². The maximum absolute atomic E-state index is 12.8. The summed E-state index contributed by atoms with van der Waals surface area (Å²) in [5.74, 6) is 1.44. The molecule has 1 N–H and O–H groups in total. The minimum Gasteiger partial charge on any atom is -0.486 e. The summed E-state index contributed by atoms with van der Waals surface area (Å²) in [5.41, 5.74) is 0.719. The topological polar surface area (TPSA) is 68.2 Å². The van der Waals surface area contributed by atoms with E-state index in [2.05, 4.69) is 4.90 Å². The smallest absolute Gasteiger partial charge is 0.170 e. The molecule has 1 fully saturated rings. The minimum atomic E-state index is -0.805. The Morgan fingerprint density at radius 3 is 2.53 bits per heavy atom. The first-order chi connectivity index (χ1) is 15.5. The van der Waals surface area contributed by atoms with E-state index >= 15 is 0 Å². The fourth-order valence-corrected chi connectivity index (χ4v) is 4.46. The van der Waals surface area contributed by atoms with Crippen LogP contribution in [0.3, 0.4) is 0 Å². The molecule has 1 saturated heterocycles. The first-order valence-corrected chi connectivity index (χ1v) is 11.6. The third-order valence-electron chi connectivity index (χ3n) is 5.83. The van der Waals surface area contributed by atoms with Crippen molar-refractivity contribution in [2.24, 2.45) is 5.92 Å². The van der Waals surface area contributed by atoms with Crippen LogP contribution < -0.4 is 14.2 Å². The molecule has 2 aliphatic heterocycles. The third kappa shape index (κ3) is 5.87. The summed E-state index contributed by atoms with van der Waals surface area (Å²) in [6.45, 7) is 3.52. The van der Waals surface area contributed by atoms with Crippen LogP contribution in [0.5, 0.6) is 17.2 Å². The lowest BCUT2D eigenvalue weighted by atomic mass is 9.90. The number of Topliss-reactive ketones (excluding diaryl/α,β-unsaturated/α-hetero) is 1. The lowest BCUT2D eigenvalue weighted by Gasteiger charge is -2.28. The van der Waals surface area contributed by atoms with Gasteiger partial charge in [-0.3, -0.25) is 4.79 Å². The number of fused-ring (bicyclic) bond motifs is 1. The molecule has 0 saturated carbocycles. The number of carbonyl (C=O) groups is 1. The van der Waals surface area contributed by atoms with Crippen molar-refractivity contribution in [2.75, 3.05) is 39.5 Å². The van der Waals surface area contributed by atoms with Crippen molar-refractivity contribution in [3.63, 3.8) is 0 Å². The van der Waals surface area contributed by atoms with Gasteiger partial charge in [0.25, 0.3) is 0 Å². The molecule has 2 aliphatic rings. The number of benzene rings is 2. The molecular weight excluding hydrogens is 453 g/mol. The van der Waals surface area contributed by atoms with E-state index in [1.807, 2.05) is 18.2 Å². The van der Waals surface area contributed by atoms with Crippen LogP contribution in [0.2, 0.25) is 10.0 Å². The van der Waals surface area contributed by atoms with E-state index in [-0.39, 0.29) is 24.7 Å². The van der Waals surface area contributed by atoms with Crippen molar-refractivity contribution in [3.8, 4) is 17.2 Å². The number of hydrogen-bond acceptors (Lipinski definition) is 6. The van der Waals surface area contributed by atoms with Crippen molar-refractivity contribution in [1.29, 1.82) is 0 Å². The Balaban J connectivity index is 1.43. The zero-order valence-electron chi connectivity index (χ0n) is 17.8. The molecule has 2 atom stereocenters. The van der Waals surface area contributed by atoms with Gasteiger partial charge >= 0.3 is 0 Å². The number of hydrogen-bond donors (Lipinski definition) is 1. The standard InChI is InChI=1S/C24H27Cl2NO5/c25-20-5-4-19(13-21(20)26)32-15-18(28)11-17(14-27-7-1-2-8-27)24(29)16-3-6-22-23(12-16)31-10-9-30-22/h3-6,12-13,17,24,29H,1-2,7-11,14-15H2/t17-,24-/m1/s1. The van der Waals surface area contributed by atoms with Crippen LogP contribution in [0.15, 0.2) is 36.4 Å². The highest BCUT2D eigenvalue weighted by molar-refractivity contribution is 6.42. The largest absolute Gasteiger partial charge is 0.486 e. The van der Waals surface area contributed by atoms with Gasteiger partial charge in [0.15, 0.2) is 17.3 Å². The second-order valence-corrected chi connectivity index (χ2v) is 9.04. The van der Waals surface area contributed by atoms with Gasteiger partial charge in [0.1, 0.15) is 25.6 Å². The van der Waals surface area contributed by atoms with Crippen molar-refractivity contribution in [1.82, 2.24) is 4.90 Å². The van der Waals surface area contributed by atoms with Crippen LogP contribution >= 0.6 is 23.2 Å². The number of nitrogens with zero attached hydrogens (tertiary/aromatic N) is 1. The Morgan fingerprint density at radius 2 is 1.78 bits per heavy atom. The summed E-state index contributed by atoms with van der Waals surface area (Å²) in [4.78, 5) is 15.1. The number of aliphatic hydroxyl groups is 1. The van der Waals surface area contributed by atoms with Gasteiger partial charge in [-0.2, -0.15) is 0 Å². The fraction of sp³-hybridized carbons (Fsp3) is 0.458. The highest BCUT2D eigenvalue weighted by atomic mass is 35.5. The average Bonchev–Trinajstić information content (AvgIpc) is 3.32. The van der Waals surface area contributed by atoms with Gasteiger partial charge in [0.2, 0.25) is 0 Å². The lowest BCUT2D eigenvalue weighted by molar-refractivity contribution is -0.123. The molecule has 0 amide bonds. The molecular formula is C24H27Cl2NO5. The van der Waals surface area contributed by atoms with E-state index in [4.69, 9.17) is 37.4 Å². The number of carbonyl (C=O) groups excluding carboxylic acids is 1. The van der Waals surface area contributed by atoms with E-state index in [0.29, 0.717) is 47.1 Å². The van der Waals surface area contributed by atoms with Crippen molar-refractivity contribution in [3.05, 3.63) is 52.0 Å². The first kappa shape index (κ1) is 23.2. The Labute approximate surface area is 198 Å². The van der Waals surface area contributed by atoms with Crippen molar-refractivity contribution >= 4 is 29.0 Å². The van der Waals surface area contributed by atoms with Crippen LogP contribution in [0.25, 0.3) is 0 Å². The Morgan fingerprint density at radius 1 is 1.03 bits per heavy atom. The summed E-state index contributed by atoms with van der Waals surface area (Å²) in [6.07, 6.45) is 1.68. The van der Waals surface area contributed by atoms with E-state index in [1.165, 1.54) is 0 Å². The van der Waals surface area contributed by atoms with E-state index in [9.17, 15) is 9.90 Å². The summed E-state index contributed by atoms with van der Waals surface area (Å²) < 4.78 is 16.8. The summed E-state index contributed by atoms with van der Waals surface area (Å²) >= 11 is 11.9. The second kappa shape index (κ2) is 10.8. The zero-order chi connectivity index (χ0) is 22.5. The minimum absolute atomic E-state index is 0.0862. The van der Waals surface area contributed by atoms with E-state index < -0.39 is 6.10 Å². The molecule has 2 heterocycles. The van der Waals surface area contributed by atoms with Gasteiger partial charge in [-0.15, -0.1) is 0 Å². The predicted octanol–water partition coefficient (Wildman–Crippen LogP) is 4.55. The molecule has 0 aliphatic carbocycles. The molecule has 0 radical (unpaired) electrons. The maximum atomic E-state index is 12.8. The number of ketones is 1. The molecule has 2 aromatic carbocycles. The van der Waals surface area contributed by atoms with Gasteiger partial charge in [0.05, 0.1) is 16.1 Å². The quantitative estimate of drug-likeness (QED) is 0.568. The van der Waals surface area contributed by atoms with E-state index in [1.54, 1.807) is 18.2 Å². The van der Waals surface area contributed by atoms with Crippen LogP contribution in [0.4, 0.5) is 0 Å². The molecule has 0 unspecified atom stereocenters.